The van der Waals surface area contributed by atoms with Gasteiger partial charge in [0.2, 0.25) is 0 Å². The lowest BCUT2D eigenvalue weighted by molar-refractivity contribution is 0.0948. The molecule has 6 heteroatoms. The fourth-order valence-corrected chi connectivity index (χ4v) is 4.38. The van der Waals surface area contributed by atoms with Crippen molar-refractivity contribution in [2.75, 3.05) is 6.54 Å². The van der Waals surface area contributed by atoms with Gasteiger partial charge in [0, 0.05) is 40.2 Å². The zero-order valence-electron chi connectivity index (χ0n) is 21.7. The van der Waals surface area contributed by atoms with Crippen LogP contribution < -0.4 is 10.1 Å². The SMILES string of the molecule is CC(C)Oc1ccc(C#Cc2ccc3oc(C(C)O)cc3c2)cc1C(=O)NCCc1c[nH]c2ccccc12. The maximum atomic E-state index is 13.2. The molecule has 5 rings (SSSR count). The number of aliphatic hydroxyl groups excluding tert-OH is 1. The Bertz CT molecular complexity index is 1660. The number of nitrogens with one attached hydrogen (secondary N) is 2. The first-order chi connectivity index (χ1) is 18.4. The van der Waals surface area contributed by atoms with E-state index in [0.29, 0.717) is 41.2 Å². The van der Waals surface area contributed by atoms with Crippen molar-refractivity contribution in [2.45, 2.75) is 39.4 Å². The molecule has 0 saturated heterocycles. The predicted molar refractivity (Wildman–Crippen MR) is 149 cm³/mol. The van der Waals surface area contributed by atoms with Crippen molar-refractivity contribution in [3.8, 4) is 17.6 Å². The molecule has 5 aromatic rings. The number of aliphatic hydroxyl groups is 1. The Morgan fingerprint density at radius 1 is 1.03 bits per heavy atom. The van der Waals surface area contributed by atoms with Crippen LogP contribution in [0.3, 0.4) is 0 Å². The van der Waals surface area contributed by atoms with Gasteiger partial charge in [-0.2, -0.15) is 0 Å². The van der Waals surface area contributed by atoms with Gasteiger partial charge in [-0.25, -0.2) is 0 Å². The molecule has 0 fully saturated rings. The van der Waals surface area contributed by atoms with E-state index in [1.807, 2.05) is 68.6 Å². The van der Waals surface area contributed by atoms with E-state index in [2.05, 4.69) is 28.2 Å². The van der Waals surface area contributed by atoms with Gasteiger partial charge in [-0.3, -0.25) is 4.79 Å². The van der Waals surface area contributed by atoms with E-state index < -0.39 is 6.10 Å². The Balaban J connectivity index is 1.34. The first-order valence-corrected chi connectivity index (χ1v) is 12.7. The highest BCUT2D eigenvalue weighted by atomic mass is 16.5. The summed E-state index contributed by atoms with van der Waals surface area (Å²) in [7, 11) is 0. The van der Waals surface area contributed by atoms with Gasteiger partial charge in [0.1, 0.15) is 23.2 Å². The quantitative estimate of drug-likeness (QED) is 0.232. The maximum absolute atomic E-state index is 13.2. The molecule has 3 N–H and O–H groups in total. The van der Waals surface area contributed by atoms with Gasteiger partial charge in [-0.15, -0.1) is 0 Å². The van der Waals surface area contributed by atoms with E-state index in [4.69, 9.17) is 9.15 Å². The Morgan fingerprint density at radius 2 is 1.79 bits per heavy atom. The standard InChI is InChI=1S/C32H30N2O4/c1-20(2)37-30-13-11-23(9-8-22-10-12-29-25(16-22)18-31(38-29)21(3)35)17-27(30)32(36)33-15-14-24-19-34-28-7-5-4-6-26(24)28/h4-7,10-13,16-21,34-35H,14-15H2,1-3H3,(H,33,36). The lowest BCUT2D eigenvalue weighted by Crippen LogP contribution is -2.26. The van der Waals surface area contributed by atoms with Crippen LogP contribution in [0.25, 0.3) is 21.9 Å². The summed E-state index contributed by atoms with van der Waals surface area (Å²) in [5.74, 6) is 7.17. The fourth-order valence-electron chi connectivity index (χ4n) is 4.38. The molecule has 1 amide bonds. The van der Waals surface area contributed by atoms with Crippen LogP contribution in [-0.4, -0.2) is 28.6 Å². The zero-order valence-corrected chi connectivity index (χ0v) is 21.7. The monoisotopic (exact) mass is 506 g/mol. The fraction of sp³-hybridized carbons (Fsp3) is 0.219. The molecule has 2 heterocycles. The van der Waals surface area contributed by atoms with Crippen LogP contribution in [-0.2, 0) is 6.42 Å². The smallest absolute Gasteiger partial charge is 0.255 e. The summed E-state index contributed by atoms with van der Waals surface area (Å²) in [6.07, 6.45) is 1.96. The van der Waals surface area contributed by atoms with Crippen molar-refractivity contribution in [1.82, 2.24) is 10.3 Å². The van der Waals surface area contributed by atoms with Gasteiger partial charge in [0.15, 0.2) is 0 Å². The third-order valence-electron chi connectivity index (χ3n) is 6.24. The van der Waals surface area contributed by atoms with E-state index in [1.54, 1.807) is 19.1 Å². The molecule has 38 heavy (non-hydrogen) atoms. The molecule has 0 bridgehead atoms. The highest BCUT2D eigenvalue weighted by Crippen LogP contribution is 2.25. The number of furan rings is 1. The van der Waals surface area contributed by atoms with Crippen LogP contribution in [0, 0.1) is 11.8 Å². The zero-order chi connectivity index (χ0) is 26.6. The Morgan fingerprint density at radius 3 is 2.58 bits per heavy atom. The van der Waals surface area contributed by atoms with Crippen LogP contribution >= 0.6 is 0 Å². The average Bonchev–Trinajstić information content (AvgIpc) is 3.52. The summed E-state index contributed by atoms with van der Waals surface area (Å²) in [5.41, 5.74) is 4.92. The molecule has 1 atom stereocenters. The van der Waals surface area contributed by atoms with Gasteiger partial charge >= 0.3 is 0 Å². The van der Waals surface area contributed by atoms with Crippen molar-refractivity contribution in [3.63, 3.8) is 0 Å². The number of amides is 1. The third kappa shape index (κ3) is 5.59. The number of rotatable bonds is 7. The van der Waals surface area contributed by atoms with Gasteiger partial charge in [0.25, 0.3) is 5.91 Å². The number of hydrogen-bond acceptors (Lipinski definition) is 4. The molecule has 0 spiro atoms. The van der Waals surface area contributed by atoms with E-state index in [1.165, 1.54) is 5.39 Å². The average molecular weight is 507 g/mol. The molecule has 6 nitrogen and oxygen atoms in total. The minimum atomic E-state index is -0.671. The number of aromatic nitrogens is 1. The van der Waals surface area contributed by atoms with E-state index >= 15 is 0 Å². The highest BCUT2D eigenvalue weighted by molar-refractivity contribution is 5.97. The normalized spacial score (nSPS) is 11.9. The number of carbonyl (C=O) groups is 1. The second-order valence-electron chi connectivity index (χ2n) is 9.57. The maximum Gasteiger partial charge on any atom is 0.255 e. The third-order valence-corrected chi connectivity index (χ3v) is 6.24. The first kappa shape index (κ1) is 25.2. The van der Waals surface area contributed by atoms with Crippen molar-refractivity contribution < 1.29 is 19.1 Å². The molecule has 0 aliphatic carbocycles. The number of carbonyl (C=O) groups excluding carboxylic acids is 1. The van der Waals surface area contributed by atoms with Crippen LogP contribution in [0.15, 0.2) is 77.3 Å². The van der Waals surface area contributed by atoms with Crippen LogP contribution in [0.1, 0.15) is 59.7 Å². The Labute approximate surface area is 221 Å². The van der Waals surface area contributed by atoms with Crippen LogP contribution in [0.4, 0.5) is 0 Å². The molecule has 0 radical (unpaired) electrons. The van der Waals surface area contributed by atoms with Crippen molar-refractivity contribution in [2.24, 2.45) is 0 Å². The summed E-state index contributed by atoms with van der Waals surface area (Å²) >= 11 is 0. The lowest BCUT2D eigenvalue weighted by Gasteiger charge is -2.14. The largest absolute Gasteiger partial charge is 0.490 e. The minimum Gasteiger partial charge on any atom is -0.490 e. The molecule has 2 aromatic heterocycles. The van der Waals surface area contributed by atoms with Crippen LogP contribution in [0.5, 0.6) is 5.75 Å². The number of para-hydroxylation sites is 1. The van der Waals surface area contributed by atoms with Gasteiger partial charge in [-0.1, -0.05) is 30.0 Å². The molecule has 1 unspecified atom stereocenters. The number of aromatic amines is 1. The molecule has 0 aliphatic rings. The van der Waals surface area contributed by atoms with Crippen molar-refractivity contribution in [1.29, 1.82) is 0 Å². The summed E-state index contributed by atoms with van der Waals surface area (Å²) in [6, 6.07) is 21.0. The van der Waals surface area contributed by atoms with Crippen LogP contribution in [0.2, 0.25) is 0 Å². The summed E-state index contributed by atoms with van der Waals surface area (Å²) in [5, 5.41) is 14.9. The van der Waals surface area contributed by atoms with Gasteiger partial charge in [0.05, 0.1) is 11.7 Å². The molecule has 3 aromatic carbocycles. The second kappa shape index (κ2) is 10.9. The molecule has 0 saturated carbocycles. The predicted octanol–water partition coefficient (Wildman–Crippen LogP) is 6.13. The first-order valence-electron chi connectivity index (χ1n) is 12.7. The second-order valence-corrected chi connectivity index (χ2v) is 9.57. The topological polar surface area (TPSA) is 87.5 Å². The van der Waals surface area contributed by atoms with E-state index in [9.17, 15) is 9.90 Å². The van der Waals surface area contributed by atoms with Gasteiger partial charge in [-0.05, 0) is 81.3 Å². The number of H-pyrrole nitrogens is 1. The van der Waals surface area contributed by atoms with Gasteiger partial charge < -0.3 is 24.6 Å². The van der Waals surface area contributed by atoms with E-state index in [0.717, 1.165) is 22.0 Å². The van der Waals surface area contributed by atoms with Crippen molar-refractivity contribution in [3.05, 3.63) is 101 Å². The number of benzene rings is 3. The minimum absolute atomic E-state index is 0.0714. The molecule has 0 aliphatic heterocycles. The number of hydrogen-bond donors (Lipinski definition) is 3. The summed E-state index contributed by atoms with van der Waals surface area (Å²) in [4.78, 5) is 16.5. The number of fused-ring (bicyclic) bond motifs is 2. The number of ether oxygens (including phenoxy) is 1. The summed E-state index contributed by atoms with van der Waals surface area (Å²) in [6.45, 7) is 6.03. The molecule has 192 valence electrons. The molecular weight excluding hydrogens is 476 g/mol. The van der Waals surface area contributed by atoms with E-state index in [-0.39, 0.29) is 12.0 Å². The van der Waals surface area contributed by atoms with Crippen molar-refractivity contribution >= 4 is 27.8 Å². The highest BCUT2D eigenvalue weighted by Gasteiger charge is 2.15. The Kier molecular flexibility index (Phi) is 7.21. The molecular formula is C32H30N2O4. The summed E-state index contributed by atoms with van der Waals surface area (Å²) < 4.78 is 11.6. The Hall–Kier alpha value is -4.47. The lowest BCUT2D eigenvalue weighted by atomic mass is 10.1.